The molecule has 6 nitrogen and oxygen atoms in total. The Morgan fingerprint density at radius 3 is 2.75 bits per heavy atom. The Bertz CT molecular complexity index is 1130. The zero-order chi connectivity index (χ0) is 19.5. The molecule has 2 aromatic carbocycles. The SMILES string of the molecule is COC(=O)c1cccc2[nH]c(-c3ccc(NCc4cccc(C)c4)nc3)nc12. The van der Waals surface area contributed by atoms with Crippen LogP contribution in [-0.2, 0) is 11.3 Å². The number of hydrogen-bond donors (Lipinski definition) is 2. The van der Waals surface area contributed by atoms with Crippen molar-refractivity contribution in [2.45, 2.75) is 13.5 Å². The number of H-pyrrole nitrogens is 1. The summed E-state index contributed by atoms with van der Waals surface area (Å²) < 4.78 is 4.83. The number of para-hydroxylation sites is 1. The number of hydrogen-bond acceptors (Lipinski definition) is 5. The molecule has 6 heteroatoms. The average molecular weight is 372 g/mol. The van der Waals surface area contributed by atoms with E-state index in [9.17, 15) is 4.79 Å². The van der Waals surface area contributed by atoms with Crippen LogP contribution in [0.3, 0.4) is 0 Å². The molecule has 2 aromatic heterocycles. The third kappa shape index (κ3) is 3.57. The van der Waals surface area contributed by atoms with Gasteiger partial charge in [0.05, 0.1) is 18.2 Å². The molecule has 0 amide bonds. The third-order valence-electron chi connectivity index (χ3n) is 4.51. The second-order valence-corrected chi connectivity index (χ2v) is 6.55. The number of benzene rings is 2. The van der Waals surface area contributed by atoms with E-state index < -0.39 is 5.97 Å². The van der Waals surface area contributed by atoms with Crippen molar-refractivity contribution in [1.29, 1.82) is 0 Å². The summed E-state index contributed by atoms with van der Waals surface area (Å²) in [6.07, 6.45) is 1.76. The number of ether oxygens (including phenoxy) is 1. The number of methoxy groups -OCH3 is 1. The average Bonchev–Trinajstić information content (AvgIpc) is 3.16. The fourth-order valence-electron chi connectivity index (χ4n) is 3.10. The molecule has 0 aliphatic carbocycles. The van der Waals surface area contributed by atoms with Crippen LogP contribution in [0.1, 0.15) is 21.5 Å². The van der Waals surface area contributed by atoms with E-state index in [1.54, 1.807) is 18.3 Å². The Morgan fingerprint density at radius 1 is 1.14 bits per heavy atom. The summed E-state index contributed by atoms with van der Waals surface area (Å²) in [6.45, 7) is 2.79. The number of carbonyl (C=O) groups excluding carboxylic acids is 1. The lowest BCUT2D eigenvalue weighted by Crippen LogP contribution is -2.01. The van der Waals surface area contributed by atoms with Gasteiger partial charge in [0.15, 0.2) is 0 Å². The fraction of sp³-hybridized carbons (Fsp3) is 0.136. The monoisotopic (exact) mass is 372 g/mol. The fourth-order valence-corrected chi connectivity index (χ4v) is 3.10. The number of aryl methyl sites for hydroxylation is 1. The largest absolute Gasteiger partial charge is 0.465 e. The summed E-state index contributed by atoms with van der Waals surface area (Å²) in [5.41, 5.74) is 5.09. The second-order valence-electron chi connectivity index (χ2n) is 6.55. The standard InChI is InChI=1S/C22H20N4O2/c1-14-5-3-6-15(11-14)12-23-19-10-9-16(13-24-19)21-25-18-8-4-7-17(20(18)26-21)22(27)28-2/h3-11,13H,12H2,1-2H3,(H,23,24)(H,25,26). The van der Waals surface area contributed by atoms with Crippen LogP contribution in [0.5, 0.6) is 0 Å². The molecule has 0 unspecified atom stereocenters. The number of imidazole rings is 1. The molecule has 0 fully saturated rings. The van der Waals surface area contributed by atoms with Gasteiger partial charge < -0.3 is 15.0 Å². The number of aromatic nitrogens is 3. The summed E-state index contributed by atoms with van der Waals surface area (Å²) in [5.74, 6) is 1.04. The van der Waals surface area contributed by atoms with Gasteiger partial charge in [-0.25, -0.2) is 14.8 Å². The Morgan fingerprint density at radius 2 is 2.00 bits per heavy atom. The predicted octanol–water partition coefficient (Wildman–Crippen LogP) is 4.33. The van der Waals surface area contributed by atoms with Crippen LogP contribution in [0.15, 0.2) is 60.8 Å². The van der Waals surface area contributed by atoms with Gasteiger partial charge in [0.1, 0.15) is 17.2 Å². The topological polar surface area (TPSA) is 79.9 Å². The highest BCUT2D eigenvalue weighted by Gasteiger charge is 2.14. The number of pyridine rings is 1. The molecule has 140 valence electrons. The first kappa shape index (κ1) is 17.7. The molecule has 0 atom stereocenters. The van der Waals surface area contributed by atoms with E-state index in [0.717, 1.165) is 16.9 Å². The smallest absolute Gasteiger partial charge is 0.340 e. The number of anilines is 1. The van der Waals surface area contributed by atoms with E-state index in [4.69, 9.17) is 4.74 Å². The molecule has 2 N–H and O–H groups in total. The van der Waals surface area contributed by atoms with Crippen LogP contribution in [0.25, 0.3) is 22.4 Å². The minimum atomic E-state index is -0.405. The first-order valence-corrected chi connectivity index (χ1v) is 8.97. The highest BCUT2D eigenvalue weighted by molar-refractivity contribution is 6.02. The van der Waals surface area contributed by atoms with Gasteiger partial charge >= 0.3 is 5.97 Å². The van der Waals surface area contributed by atoms with Gasteiger partial charge in [0.25, 0.3) is 0 Å². The van der Waals surface area contributed by atoms with E-state index >= 15 is 0 Å². The van der Waals surface area contributed by atoms with Crippen molar-refractivity contribution in [1.82, 2.24) is 15.0 Å². The van der Waals surface area contributed by atoms with Crippen LogP contribution >= 0.6 is 0 Å². The summed E-state index contributed by atoms with van der Waals surface area (Å²) in [7, 11) is 1.36. The Hall–Kier alpha value is -3.67. The van der Waals surface area contributed by atoms with Crippen molar-refractivity contribution in [2.24, 2.45) is 0 Å². The number of rotatable bonds is 5. The van der Waals surface area contributed by atoms with Crippen molar-refractivity contribution >= 4 is 22.8 Å². The van der Waals surface area contributed by atoms with Crippen molar-refractivity contribution in [3.8, 4) is 11.4 Å². The van der Waals surface area contributed by atoms with Gasteiger partial charge in [-0.2, -0.15) is 0 Å². The van der Waals surface area contributed by atoms with Gasteiger partial charge in [-0.1, -0.05) is 35.9 Å². The number of nitrogens with one attached hydrogen (secondary N) is 2. The lowest BCUT2D eigenvalue weighted by molar-refractivity contribution is 0.0603. The van der Waals surface area contributed by atoms with E-state index in [0.29, 0.717) is 23.4 Å². The highest BCUT2D eigenvalue weighted by atomic mass is 16.5. The van der Waals surface area contributed by atoms with Crippen molar-refractivity contribution in [3.05, 3.63) is 77.5 Å². The van der Waals surface area contributed by atoms with Crippen LogP contribution in [0.2, 0.25) is 0 Å². The molecular weight excluding hydrogens is 352 g/mol. The molecule has 0 radical (unpaired) electrons. The molecule has 0 aliphatic heterocycles. The summed E-state index contributed by atoms with van der Waals surface area (Å²) in [4.78, 5) is 24.2. The molecule has 0 spiro atoms. The van der Waals surface area contributed by atoms with E-state index in [1.807, 2.05) is 24.3 Å². The number of nitrogens with zero attached hydrogens (tertiary/aromatic N) is 2. The quantitative estimate of drug-likeness (QED) is 0.510. The van der Waals surface area contributed by atoms with Gasteiger partial charge in [0.2, 0.25) is 0 Å². The van der Waals surface area contributed by atoms with Gasteiger partial charge in [-0.15, -0.1) is 0 Å². The van der Waals surface area contributed by atoms with E-state index in [2.05, 4.69) is 45.4 Å². The third-order valence-corrected chi connectivity index (χ3v) is 4.51. The molecule has 4 aromatic rings. The first-order chi connectivity index (χ1) is 13.6. The molecule has 2 heterocycles. The second kappa shape index (κ2) is 7.52. The molecular formula is C22H20N4O2. The Balaban J connectivity index is 1.54. The van der Waals surface area contributed by atoms with Gasteiger partial charge in [0, 0.05) is 18.3 Å². The van der Waals surface area contributed by atoms with E-state index in [1.165, 1.54) is 18.2 Å². The van der Waals surface area contributed by atoms with Crippen LogP contribution in [0, 0.1) is 6.92 Å². The van der Waals surface area contributed by atoms with E-state index in [-0.39, 0.29) is 0 Å². The molecule has 0 bridgehead atoms. The molecule has 0 saturated heterocycles. The maximum Gasteiger partial charge on any atom is 0.340 e. The molecule has 0 aliphatic rings. The maximum atomic E-state index is 11.9. The van der Waals surface area contributed by atoms with Crippen LogP contribution < -0.4 is 5.32 Å². The molecule has 28 heavy (non-hydrogen) atoms. The summed E-state index contributed by atoms with van der Waals surface area (Å²) >= 11 is 0. The van der Waals surface area contributed by atoms with Crippen LogP contribution in [-0.4, -0.2) is 28.0 Å². The Labute approximate surface area is 162 Å². The van der Waals surface area contributed by atoms with Gasteiger partial charge in [-0.05, 0) is 36.8 Å². The van der Waals surface area contributed by atoms with Gasteiger partial charge in [-0.3, -0.25) is 0 Å². The zero-order valence-electron chi connectivity index (χ0n) is 15.7. The number of esters is 1. The highest BCUT2D eigenvalue weighted by Crippen LogP contribution is 2.23. The maximum absolute atomic E-state index is 11.9. The number of aromatic amines is 1. The van der Waals surface area contributed by atoms with Crippen molar-refractivity contribution < 1.29 is 9.53 Å². The molecule has 0 saturated carbocycles. The van der Waals surface area contributed by atoms with Crippen molar-refractivity contribution in [3.63, 3.8) is 0 Å². The minimum Gasteiger partial charge on any atom is -0.465 e. The zero-order valence-corrected chi connectivity index (χ0v) is 15.7. The lowest BCUT2D eigenvalue weighted by atomic mass is 10.1. The summed E-state index contributed by atoms with van der Waals surface area (Å²) in [6, 6.07) is 17.6. The molecule has 4 rings (SSSR count). The van der Waals surface area contributed by atoms with Crippen LogP contribution in [0.4, 0.5) is 5.82 Å². The number of carbonyl (C=O) groups is 1. The van der Waals surface area contributed by atoms with Crippen molar-refractivity contribution in [2.75, 3.05) is 12.4 Å². The number of fused-ring (bicyclic) bond motifs is 1. The first-order valence-electron chi connectivity index (χ1n) is 8.97. The predicted molar refractivity (Wildman–Crippen MR) is 109 cm³/mol. The normalized spacial score (nSPS) is 10.8. The minimum absolute atomic E-state index is 0.405. The Kier molecular flexibility index (Phi) is 4.76. The summed E-state index contributed by atoms with van der Waals surface area (Å²) in [5, 5.41) is 3.32. The lowest BCUT2D eigenvalue weighted by Gasteiger charge is -2.07.